The summed E-state index contributed by atoms with van der Waals surface area (Å²) in [5, 5.41) is 1.39. The van der Waals surface area contributed by atoms with Crippen LogP contribution in [0.4, 0.5) is 0 Å². The van der Waals surface area contributed by atoms with Crippen molar-refractivity contribution < 1.29 is 14.0 Å². The van der Waals surface area contributed by atoms with Crippen LogP contribution in [-0.2, 0) is 4.84 Å². The zero-order chi connectivity index (χ0) is 22.5. The fourth-order valence-electron chi connectivity index (χ4n) is 4.09. The smallest absolute Gasteiger partial charge is 0.238 e. The molecule has 2 atom stereocenters. The fraction of sp³-hybridized carbons (Fsp3) is 0.304. The zero-order valence-electron chi connectivity index (χ0n) is 18.0. The molecule has 0 aromatic carbocycles. The first-order valence-corrected chi connectivity index (χ1v) is 11.1. The van der Waals surface area contributed by atoms with Gasteiger partial charge in [0.25, 0.3) is 0 Å². The van der Waals surface area contributed by atoms with E-state index in [4.69, 9.17) is 30.6 Å². The minimum absolute atomic E-state index is 0.139. The van der Waals surface area contributed by atoms with Crippen LogP contribution in [0.1, 0.15) is 36.0 Å². The molecule has 0 amide bonds. The third-order valence-electron chi connectivity index (χ3n) is 5.87. The number of rotatable bonds is 5. The van der Waals surface area contributed by atoms with Crippen LogP contribution in [0.25, 0.3) is 16.8 Å². The standard InChI is InChI=1S/C23H21ClN6O3/c1-12-10-30(11-26-12)17-6-5-16(27-23(17)31-2)21-28-19(20(33-29-21)13-3-4-13)18-8-14-7-15(24)9-25-22(14)32-18/h5-11,13,19-20H,3-4H2,1-2H3,(H,28,29). The molecule has 0 radical (unpaired) electrons. The van der Waals surface area contributed by atoms with Crippen molar-refractivity contribution in [3.8, 4) is 11.6 Å². The van der Waals surface area contributed by atoms with Crippen LogP contribution in [0, 0.1) is 12.8 Å². The Bertz CT molecular complexity index is 1380. The summed E-state index contributed by atoms with van der Waals surface area (Å²) in [5.41, 5.74) is 5.82. The van der Waals surface area contributed by atoms with Crippen molar-refractivity contribution in [2.24, 2.45) is 10.9 Å². The topological polar surface area (TPSA) is 99.6 Å². The molecule has 0 spiro atoms. The van der Waals surface area contributed by atoms with E-state index in [1.807, 2.05) is 42.0 Å². The highest BCUT2D eigenvalue weighted by atomic mass is 35.5. The fourth-order valence-corrected chi connectivity index (χ4v) is 4.25. The molecule has 1 aliphatic carbocycles. The van der Waals surface area contributed by atoms with Gasteiger partial charge < -0.3 is 13.7 Å². The molecule has 1 N–H and O–H groups in total. The predicted octanol–water partition coefficient (Wildman–Crippen LogP) is 4.18. The molecular weight excluding hydrogens is 444 g/mol. The number of aryl methyl sites for hydroxylation is 1. The number of nitrogens with one attached hydrogen (secondary N) is 1. The average molecular weight is 465 g/mol. The number of furan rings is 1. The molecule has 4 aromatic rings. The minimum Gasteiger partial charge on any atom is -0.479 e. The molecule has 9 nitrogen and oxygen atoms in total. The molecule has 4 aromatic heterocycles. The van der Waals surface area contributed by atoms with Gasteiger partial charge in [0.2, 0.25) is 11.6 Å². The summed E-state index contributed by atoms with van der Waals surface area (Å²) in [6, 6.07) is 7.23. The van der Waals surface area contributed by atoms with Gasteiger partial charge in [-0.3, -0.25) is 9.83 Å². The molecule has 0 bridgehead atoms. The lowest BCUT2D eigenvalue weighted by atomic mass is 10.0. The Labute approximate surface area is 194 Å². The number of pyridine rings is 2. The number of aliphatic imine (C=N–C) groups is 1. The van der Waals surface area contributed by atoms with Crippen LogP contribution >= 0.6 is 11.6 Å². The summed E-state index contributed by atoms with van der Waals surface area (Å²) in [4.78, 5) is 24.2. The van der Waals surface area contributed by atoms with Gasteiger partial charge in [-0.05, 0) is 49.9 Å². The highest BCUT2D eigenvalue weighted by Crippen LogP contribution is 2.43. The molecule has 168 valence electrons. The van der Waals surface area contributed by atoms with E-state index in [1.165, 1.54) is 0 Å². The molecule has 6 rings (SSSR count). The van der Waals surface area contributed by atoms with E-state index in [9.17, 15) is 0 Å². The molecule has 1 aliphatic heterocycles. The van der Waals surface area contributed by atoms with Crippen molar-refractivity contribution in [3.63, 3.8) is 0 Å². The number of fused-ring (bicyclic) bond motifs is 1. The molecular formula is C23H21ClN6O3. The second-order valence-corrected chi connectivity index (χ2v) is 8.72. The maximum atomic E-state index is 6.10. The summed E-state index contributed by atoms with van der Waals surface area (Å²) in [6.45, 7) is 1.93. The van der Waals surface area contributed by atoms with Gasteiger partial charge in [-0.1, -0.05) is 11.6 Å². The molecule has 5 heterocycles. The van der Waals surface area contributed by atoms with Gasteiger partial charge in [0, 0.05) is 17.8 Å². The Morgan fingerprint density at radius 1 is 1.21 bits per heavy atom. The molecule has 33 heavy (non-hydrogen) atoms. The average Bonchev–Trinajstić information content (AvgIpc) is 3.45. The summed E-state index contributed by atoms with van der Waals surface area (Å²) in [6.07, 6.45) is 7.28. The van der Waals surface area contributed by atoms with Gasteiger partial charge in [0.15, 0.2) is 5.84 Å². The first-order valence-electron chi connectivity index (χ1n) is 10.7. The van der Waals surface area contributed by atoms with Crippen LogP contribution in [0.15, 0.2) is 52.4 Å². The summed E-state index contributed by atoms with van der Waals surface area (Å²) >= 11 is 6.10. The highest BCUT2D eigenvalue weighted by Gasteiger charge is 2.43. The first-order chi connectivity index (χ1) is 16.1. The van der Waals surface area contributed by atoms with Crippen molar-refractivity contribution in [2.75, 3.05) is 7.11 Å². The Hall–Kier alpha value is -3.43. The monoisotopic (exact) mass is 464 g/mol. The second kappa shape index (κ2) is 7.86. The number of nitrogens with zero attached hydrogens (tertiary/aromatic N) is 5. The van der Waals surface area contributed by atoms with E-state index in [-0.39, 0.29) is 12.1 Å². The molecule has 10 heteroatoms. The van der Waals surface area contributed by atoms with Gasteiger partial charge >= 0.3 is 0 Å². The lowest BCUT2D eigenvalue weighted by molar-refractivity contribution is -0.0328. The van der Waals surface area contributed by atoms with Gasteiger partial charge in [-0.25, -0.2) is 20.4 Å². The molecule has 1 fully saturated rings. The number of hydroxylamine groups is 1. The van der Waals surface area contributed by atoms with E-state index in [2.05, 4.69) is 20.4 Å². The van der Waals surface area contributed by atoms with E-state index in [1.54, 1.807) is 19.6 Å². The Morgan fingerprint density at radius 2 is 2.09 bits per heavy atom. The summed E-state index contributed by atoms with van der Waals surface area (Å²) in [7, 11) is 1.59. The number of halogens is 1. The summed E-state index contributed by atoms with van der Waals surface area (Å²) in [5.74, 6) is 2.08. The number of ether oxygens (including phenoxy) is 1. The third-order valence-corrected chi connectivity index (χ3v) is 6.08. The molecule has 2 aliphatic rings. The van der Waals surface area contributed by atoms with Crippen LogP contribution in [-0.4, -0.2) is 38.6 Å². The van der Waals surface area contributed by atoms with Gasteiger partial charge in [-0.2, -0.15) is 0 Å². The van der Waals surface area contributed by atoms with Crippen molar-refractivity contribution in [3.05, 3.63) is 65.2 Å². The van der Waals surface area contributed by atoms with E-state index in [0.29, 0.717) is 39.8 Å². The van der Waals surface area contributed by atoms with Crippen molar-refractivity contribution in [1.82, 2.24) is 25.0 Å². The van der Waals surface area contributed by atoms with Crippen LogP contribution in [0.5, 0.6) is 5.88 Å². The van der Waals surface area contributed by atoms with E-state index >= 15 is 0 Å². The lowest BCUT2D eigenvalue weighted by Crippen LogP contribution is -2.40. The number of amidine groups is 1. The summed E-state index contributed by atoms with van der Waals surface area (Å²) < 4.78 is 13.5. The highest BCUT2D eigenvalue weighted by molar-refractivity contribution is 6.31. The number of imidazole rings is 1. The number of hydrogen-bond donors (Lipinski definition) is 1. The second-order valence-electron chi connectivity index (χ2n) is 8.29. The van der Waals surface area contributed by atoms with E-state index in [0.717, 1.165) is 29.6 Å². The largest absolute Gasteiger partial charge is 0.479 e. The number of hydrogen-bond acceptors (Lipinski definition) is 8. The van der Waals surface area contributed by atoms with E-state index < -0.39 is 0 Å². The van der Waals surface area contributed by atoms with Gasteiger partial charge in [0.1, 0.15) is 29.3 Å². The van der Waals surface area contributed by atoms with Gasteiger partial charge in [-0.15, -0.1) is 0 Å². The van der Waals surface area contributed by atoms with Crippen molar-refractivity contribution >= 4 is 28.5 Å². The number of aromatic nitrogens is 4. The molecule has 1 saturated carbocycles. The normalized spacial score (nSPS) is 20.5. The van der Waals surface area contributed by atoms with Crippen molar-refractivity contribution in [2.45, 2.75) is 31.9 Å². The van der Waals surface area contributed by atoms with Crippen LogP contribution in [0.3, 0.4) is 0 Å². The predicted molar refractivity (Wildman–Crippen MR) is 122 cm³/mol. The maximum Gasteiger partial charge on any atom is 0.238 e. The molecule has 0 saturated heterocycles. The minimum atomic E-state index is -0.328. The number of methoxy groups -OCH3 is 1. The lowest BCUT2D eigenvalue weighted by Gasteiger charge is -2.29. The van der Waals surface area contributed by atoms with Crippen LogP contribution < -0.4 is 10.2 Å². The molecule has 2 unspecified atom stereocenters. The Balaban J connectivity index is 1.39. The van der Waals surface area contributed by atoms with Gasteiger partial charge in [0.05, 0.1) is 24.2 Å². The Kier molecular flexibility index (Phi) is 4.81. The quantitative estimate of drug-likeness (QED) is 0.473. The zero-order valence-corrected chi connectivity index (χ0v) is 18.8. The maximum absolute atomic E-state index is 6.10. The Morgan fingerprint density at radius 3 is 2.85 bits per heavy atom. The SMILES string of the molecule is COc1nc(C2=NC(c3cc4cc(Cl)cnc4o3)C(C3CC3)ON2)ccc1-n1cnc(C)c1. The van der Waals surface area contributed by atoms with Crippen LogP contribution in [0.2, 0.25) is 5.02 Å². The van der Waals surface area contributed by atoms with Crippen molar-refractivity contribution in [1.29, 1.82) is 0 Å². The first kappa shape index (κ1) is 20.2. The third kappa shape index (κ3) is 3.73.